The van der Waals surface area contributed by atoms with E-state index >= 15 is 0 Å². The third-order valence-corrected chi connectivity index (χ3v) is 7.05. The van der Waals surface area contributed by atoms with E-state index in [-0.39, 0.29) is 11.7 Å². The highest BCUT2D eigenvalue weighted by atomic mass is 35.5. The molecule has 9 heteroatoms. The molecular weight excluding hydrogens is 482 g/mol. The summed E-state index contributed by atoms with van der Waals surface area (Å²) >= 11 is 12.9. The number of hydrogen-bond acceptors (Lipinski definition) is 5. The summed E-state index contributed by atoms with van der Waals surface area (Å²) in [5, 5.41) is 14.4. The van der Waals surface area contributed by atoms with Gasteiger partial charge in [0.1, 0.15) is 17.3 Å². The number of piperidine rings is 1. The quantitative estimate of drug-likeness (QED) is 0.393. The third-order valence-electron chi connectivity index (χ3n) is 6.42. The normalized spacial score (nSPS) is 16.7. The number of anilines is 1. The van der Waals surface area contributed by atoms with Gasteiger partial charge >= 0.3 is 5.97 Å². The van der Waals surface area contributed by atoms with Crippen molar-refractivity contribution in [3.05, 3.63) is 69.1 Å². The van der Waals surface area contributed by atoms with Crippen LogP contribution in [0.15, 0.2) is 40.9 Å². The fourth-order valence-corrected chi connectivity index (χ4v) is 4.98. The molecule has 0 amide bonds. The molecular formula is C25H23Cl2FN2O4. The van der Waals surface area contributed by atoms with E-state index in [1.807, 2.05) is 4.90 Å². The molecule has 3 aromatic rings. The van der Waals surface area contributed by atoms with Crippen molar-refractivity contribution >= 4 is 34.9 Å². The second-order valence-corrected chi connectivity index (χ2v) is 9.53. The fraction of sp³-hybridized carbons (Fsp3) is 0.360. The Hall–Kier alpha value is -2.61. The van der Waals surface area contributed by atoms with Gasteiger partial charge in [-0.1, -0.05) is 34.4 Å². The molecule has 0 atom stereocenters. The van der Waals surface area contributed by atoms with Crippen LogP contribution < -0.4 is 4.90 Å². The second kappa shape index (κ2) is 9.56. The van der Waals surface area contributed by atoms with E-state index in [9.17, 15) is 9.18 Å². The molecule has 2 fully saturated rings. The molecule has 2 aromatic carbocycles. The molecule has 0 radical (unpaired) electrons. The Kier molecular flexibility index (Phi) is 6.51. The molecule has 1 aromatic heterocycles. The van der Waals surface area contributed by atoms with Crippen molar-refractivity contribution in [2.45, 2.75) is 44.3 Å². The number of hydrogen-bond donors (Lipinski definition) is 1. The van der Waals surface area contributed by atoms with Crippen molar-refractivity contribution in [1.82, 2.24) is 5.16 Å². The average Bonchev–Trinajstić information content (AvgIpc) is 3.58. The van der Waals surface area contributed by atoms with Gasteiger partial charge in [-0.15, -0.1) is 0 Å². The van der Waals surface area contributed by atoms with Crippen molar-refractivity contribution in [2.75, 3.05) is 18.0 Å². The smallest absolute Gasteiger partial charge is 0.338 e. The lowest BCUT2D eigenvalue weighted by molar-refractivity contribution is 0.0246. The highest BCUT2D eigenvalue weighted by Gasteiger charge is 2.34. The van der Waals surface area contributed by atoms with Gasteiger partial charge < -0.3 is 19.3 Å². The number of halogens is 3. The molecule has 0 bridgehead atoms. The van der Waals surface area contributed by atoms with Crippen LogP contribution in [0.1, 0.15) is 53.3 Å². The zero-order chi connectivity index (χ0) is 23.8. The van der Waals surface area contributed by atoms with E-state index in [2.05, 4.69) is 5.16 Å². The van der Waals surface area contributed by atoms with Gasteiger partial charge in [-0.05, 0) is 56.0 Å². The second-order valence-electron chi connectivity index (χ2n) is 8.71. The Morgan fingerprint density at radius 1 is 1.15 bits per heavy atom. The topological polar surface area (TPSA) is 75.8 Å². The van der Waals surface area contributed by atoms with Crippen molar-refractivity contribution in [1.29, 1.82) is 0 Å². The Morgan fingerprint density at radius 3 is 2.47 bits per heavy atom. The third kappa shape index (κ3) is 4.65. The Bertz CT molecular complexity index is 1200. The molecule has 34 heavy (non-hydrogen) atoms. The summed E-state index contributed by atoms with van der Waals surface area (Å²) in [4.78, 5) is 13.1. The molecule has 5 rings (SSSR count). The minimum atomic E-state index is -1.27. The van der Waals surface area contributed by atoms with E-state index in [1.165, 1.54) is 12.1 Å². The molecule has 1 N–H and O–H groups in total. The van der Waals surface area contributed by atoms with Gasteiger partial charge in [0, 0.05) is 35.8 Å². The molecule has 2 aliphatic rings. The van der Waals surface area contributed by atoms with Gasteiger partial charge in [-0.3, -0.25) is 0 Å². The number of ether oxygens (including phenoxy) is 1. The molecule has 2 heterocycles. The predicted octanol–water partition coefficient (Wildman–Crippen LogP) is 6.55. The maximum atomic E-state index is 14.1. The number of aromatic carboxylic acids is 1. The van der Waals surface area contributed by atoms with E-state index in [0.717, 1.165) is 37.0 Å². The summed E-state index contributed by atoms with van der Waals surface area (Å²) in [7, 11) is 0. The first-order valence-electron chi connectivity index (χ1n) is 11.2. The van der Waals surface area contributed by atoms with Gasteiger partial charge in [-0.25, -0.2) is 9.18 Å². The molecule has 0 spiro atoms. The number of rotatable bonds is 7. The van der Waals surface area contributed by atoms with E-state index in [0.29, 0.717) is 52.6 Å². The van der Waals surface area contributed by atoms with Crippen LogP contribution in [0.4, 0.5) is 10.1 Å². The number of benzene rings is 2. The van der Waals surface area contributed by atoms with Gasteiger partial charge in [-0.2, -0.15) is 0 Å². The van der Waals surface area contributed by atoms with E-state index in [1.54, 1.807) is 24.3 Å². The number of carboxylic acid groups (broad SMARTS) is 1. The molecule has 1 saturated heterocycles. The fourth-order valence-electron chi connectivity index (χ4n) is 4.40. The van der Waals surface area contributed by atoms with E-state index < -0.39 is 11.8 Å². The zero-order valence-electron chi connectivity index (χ0n) is 18.3. The molecule has 0 unspecified atom stereocenters. The van der Waals surface area contributed by atoms with Crippen molar-refractivity contribution in [3.63, 3.8) is 0 Å². The summed E-state index contributed by atoms with van der Waals surface area (Å²) in [5.41, 5.74) is 2.53. The minimum absolute atomic E-state index is 0.0240. The number of nitrogens with zero attached hydrogens (tertiary/aromatic N) is 2. The van der Waals surface area contributed by atoms with Crippen LogP contribution in [0.5, 0.6) is 0 Å². The average molecular weight is 505 g/mol. The Balaban J connectivity index is 1.27. The summed E-state index contributed by atoms with van der Waals surface area (Å²) in [6, 6.07) is 9.58. The maximum Gasteiger partial charge on any atom is 0.338 e. The van der Waals surface area contributed by atoms with Crippen molar-refractivity contribution in [2.24, 2.45) is 0 Å². The molecule has 6 nitrogen and oxygen atoms in total. The Morgan fingerprint density at radius 2 is 1.85 bits per heavy atom. The Labute approximate surface area is 206 Å². The van der Waals surface area contributed by atoms with Crippen LogP contribution in [0, 0.1) is 5.82 Å². The maximum absolute atomic E-state index is 14.1. The minimum Gasteiger partial charge on any atom is -0.478 e. The lowest BCUT2D eigenvalue weighted by atomic mass is 10.0. The summed E-state index contributed by atoms with van der Waals surface area (Å²) in [5.74, 6) is -0.800. The monoisotopic (exact) mass is 504 g/mol. The lowest BCUT2D eigenvalue weighted by Crippen LogP contribution is -2.37. The SMILES string of the molecule is O=C(O)c1ccc(N2CCC(OCc3c(-c4c(Cl)cccc4Cl)noc3C3CC3)CC2)cc1F. The van der Waals surface area contributed by atoms with Crippen molar-refractivity contribution < 1.29 is 23.6 Å². The molecule has 1 aliphatic heterocycles. The van der Waals surface area contributed by atoms with E-state index in [4.69, 9.17) is 37.6 Å². The highest BCUT2D eigenvalue weighted by molar-refractivity contribution is 6.39. The molecule has 1 saturated carbocycles. The lowest BCUT2D eigenvalue weighted by Gasteiger charge is -2.33. The number of carboxylic acids is 1. The predicted molar refractivity (Wildman–Crippen MR) is 127 cm³/mol. The van der Waals surface area contributed by atoms with Crippen LogP contribution in [0.3, 0.4) is 0 Å². The largest absolute Gasteiger partial charge is 0.478 e. The van der Waals surface area contributed by atoms with Crippen LogP contribution in [0.2, 0.25) is 10.0 Å². The summed E-state index contributed by atoms with van der Waals surface area (Å²) in [6.07, 6.45) is 3.67. The standard InChI is InChI=1S/C25H23Cl2FN2O4/c26-19-2-1-3-20(27)22(19)23-18(24(34-29-23)14-4-5-14)13-33-16-8-10-30(11-9-16)15-6-7-17(25(31)32)21(28)12-15/h1-3,6-7,12,14,16H,4-5,8-11,13H2,(H,31,32). The first kappa shape index (κ1) is 23.1. The van der Waals surface area contributed by atoms with Gasteiger partial charge in [0.2, 0.25) is 0 Å². The van der Waals surface area contributed by atoms with Crippen LogP contribution >= 0.6 is 23.2 Å². The summed E-state index contributed by atoms with van der Waals surface area (Å²) in [6.45, 7) is 1.70. The highest BCUT2D eigenvalue weighted by Crippen LogP contribution is 2.46. The van der Waals surface area contributed by atoms with Gasteiger partial charge in [0.05, 0.1) is 28.3 Å². The van der Waals surface area contributed by atoms with Crippen LogP contribution in [0.25, 0.3) is 11.3 Å². The first-order valence-corrected chi connectivity index (χ1v) is 12.0. The molecule has 178 valence electrons. The zero-order valence-corrected chi connectivity index (χ0v) is 19.8. The van der Waals surface area contributed by atoms with Crippen LogP contribution in [-0.4, -0.2) is 35.4 Å². The summed E-state index contributed by atoms with van der Waals surface area (Å²) < 4.78 is 26.1. The van der Waals surface area contributed by atoms with Gasteiger partial charge in [0.25, 0.3) is 0 Å². The van der Waals surface area contributed by atoms with Gasteiger partial charge in [0.15, 0.2) is 0 Å². The number of carbonyl (C=O) groups is 1. The van der Waals surface area contributed by atoms with Crippen LogP contribution in [-0.2, 0) is 11.3 Å². The number of aromatic nitrogens is 1. The van der Waals surface area contributed by atoms with Crippen molar-refractivity contribution in [3.8, 4) is 11.3 Å². The molecule has 1 aliphatic carbocycles. The first-order chi connectivity index (χ1) is 16.4.